The lowest BCUT2D eigenvalue weighted by Crippen LogP contribution is -2.51. The van der Waals surface area contributed by atoms with E-state index in [2.05, 4.69) is 17.1 Å². The summed E-state index contributed by atoms with van der Waals surface area (Å²) in [7, 11) is 0. The maximum atomic E-state index is 12.4. The van der Waals surface area contributed by atoms with Gasteiger partial charge in [-0.3, -0.25) is 0 Å². The van der Waals surface area contributed by atoms with E-state index in [-0.39, 0.29) is 6.03 Å². The fourth-order valence-electron chi connectivity index (χ4n) is 2.97. The lowest BCUT2D eigenvalue weighted by atomic mass is 10.1. The number of nitrogens with one attached hydrogen (secondary N) is 1. The van der Waals surface area contributed by atoms with Crippen molar-refractivity contribution in [3.05, 3.63) is 63.6 Å². The van der Waals surface area contributed by atoms with E-state index in [0.717, 1.165) is 29.4 Å². The molecule has 1 N–H and O–H groups in total. The van der Waals surface area contributed by atoms with Crippen LogP contribution in [0.4, 0.5) is 10.5 Å². The molecule has 132 valence electrons. The number of hydrogen-bond donors (Lipinski definition) is 1. The van der Waals surface area contributed by atoms with Gasteiger partial charge < -0.3 is 15.1 Å². The highest BCUT2D eigenvalue weighted by Gasteiger charge is 2.22. The second-order valence-corrected chi connectivity index (χ2v) is 7.06. The first-order chi connectivity index (χ1) is 12.0. The van der Waals surface area contributed by atoms with Crippen LogP contribution in [0.15, 0.2) is 42.5 Å². The minimum Gasteiger partial charge on any atom is -0.368 e. The highest BCUT2D eigenvalue weighted by molar-refractivity contribution is 6.31. The molecular formula is C19H21Cl2N3O. The van der Waals surface area contributed by atoms with Crippen molar-refractivity contribution in [3.63, 3.8) is 0 Å². The van der Waals surface area contributed by atoms with Crippen molar-refractivity contribution in [1.82, 2.24) is 10.2 Å². The van der Waals surface area contributed by atoms with E-state index < -0.39 is 0 Å². The summed E-state index contributed by atoms with van der Waals surface area (Å²) in [6, 6.07) is 13.4. The van der Waals surface area contributed by atoms with Gasteiger partial charge in [-0.15, -0.1) is 0 Å². The second kappa shape index (κ2) is 7.98. The van der Waals surface area contributed by atoms with Gasteiger partial charge in [0.25, 0.3) is 0 Å². The lowest BCUT2D eigenvalue weighted by molar-refractivity contribution is 0.194. The van der Waals surface area contributed by atoms with Gasteiger partial charge in [-0.2, -0.15) is 0 Å². The molecule has 25 heavy (non-hydrogen) atoms. The van der Waals surface area contributed by atoms with Crippen molar-refractivity contribution in [1.29, 1.82) is 0 Å². The maximum Gasteiger partial charge on any atom is 0.317 e. The average molecular weight is 378 g/mol. The first-order valence-corrected chi connectivity index (χ1v) is 9.07. The zero-order valence-electron chi connectivity index (χ0n) is 14.1. The number of carbonyl (C=O) groups excluding carboxylic acids is 1. The number of hydrogen-bond acceptors (Lipinski definition) is 2. The summed E-state index contributed by atoms with van der Waals surface area (Å²) < 4.78 is 0. The third-order valence-corrected chi connectivity index (χ3v) is 4.92. The van der Waals surface area contributed by atoms with Crippen LogP contribution in [-0.4, -0.2) is 37.1 Å². The Balaban J connectivity index is 1.52. The summed E-state index contributed by atoms with van der Waals surface area (Å²) in [5.41, 5.74) is 3.38. The SMILES string of the molecule is Cc1ccc(Cl)cc1N1CCN(C(=O)NCc2ccc(Cl)cc2)CC1. The Hall–Kier alpha value is -1.91. The lowest BCUT2D eigenvalue weighted by Gasteiger charge is -2.36. The number of aryl methyl sites for hydroxylation is 1. The van der Waals surface area contributed by atoms with Gasteiger partial charge in [0.15, 0.2) is 0 Å². The van der Waals surface area contributed by atoms with Crippen molar-refractivity contribution < 1.29 is 4.79 Å². The molecule has 4 nitrogen and oxygen atoms in total. The van der Waals surface area contributed by atoms with Crippen molar-refractivity contribution in [2.75, 3.05) is 31.1 Å². The van der Waals surface area contributed by atoms with Crippen LogP contribution in [0.5, 0.6) is 0 Å². The normalized spacial score (nSPS) is 14.5. The minimum absolute atomic E-state index is 0.0302. The standard InChI is InChI=1S/C19H21Cl2N3O/c1-14-2-5-17(21)12-18(14)23-8-10-24(11-9-23)19(25)22-13-15-3-6-16(20)7-4-15/h2-7,12H,8-11,13H2,1H3,(H,22,25). The number of rotatable bonds is 3. The van der Waals surface area contributed by atoms with Gasteiger partial charge in [0, 0.05) is 48.5 Å². The molecule has 1 fully saturated rings. The number of nitrogens with zero attached hydrogens (tertiary/aromatic N) is 2. The van der Waals surface area contributed by atoms with E-state index in [9.17, 15) is 4.79 Å². The Labute approximate surface area is 158 Å². The van der Waals surface area contributed by atoms with Crippen LogP contribution in [0.3, 0.4) is 0 Å². The van der Waals surface area contributed by atoms with Crippen molar-refractivity contribution in [3.8, 4) is 0 Å². The zero-order chi connectivity index (χ0) is 17.8. The molecule has 1 heterocycles. The summed E-state index contributed by atoms with van der Waals surface area (Å²) in [5.74, 6) is 0. The molecule has 0 aliphatic carbocycles. The third kappa shape index (κ3) is 4.59. The van der Waals surface area contributed by atoms with Crippen molar-refractivity contribution >= 4 is 34.9 Å². The summed E-state index contributed by atoms with van der Waals surface area (Å²) in [4.78, 5) is 16.5. The number of amides is 2. The molecule has 2 amide bonds. The van der Waals surface area contributed by atoms with Gasteiger partial charge in [0.05, 0.1) is 0 Å². The molecule has 0 atom stereocenters. The molecular weight excluding hydrogens is 357 g/mol. The van der Waals surface area contributed by atoms with Crippen LogP contribution in [0.25, 0.3) is 0 Å². The van der Waals surface area contributed by atoms with Crippen LogP contribution in [0.1, 0.15) is 11.1 Å². The topological polar surface area (TPSA) is 35.6 Å². The van der Waals surface area contributed by atoms with Gasteiger partial charge in [-0.1, -0.05) is 41.4 Å². The van der Waals surface area contributed by atoms with E-state index in [4.69, 9.17) is 23.2 Å². The van der Waals surface area contributed by atoms with Crippen LogP contribution >= 0.6 is 23.2 Å². The molecule has 0 bridgehead atoms. The third-order valence-electron chi connectivity index (χ3n) is 4.44. The van der Waals surface area contributed by atoms with E-state index in [1.165, 1.54) is 5.56 Å². The molecule has 0 aromatic heterocycles. The quantitative estimate of drug-likeness (QED) is 0.863. The predicted molar refractivity (Wildman–Crippen MR) is 104 cm³/mol. The van der Waals surface area contributed by atoms with Crippen LogP contribution < -0.4 is 10.2 Å². The molecule has 1 saturated heterocycles. The van der Waals surface area contributed by atoms with Gasteiger partial charge in [0.1, 0.15) is 0 Å². The summed E-state index contributed by atoms with van der Waals surface area (Å²) >= 11 is 12.0. The molecule has 0 saturated carbocycles. The number of carbonyl (C=O) groups is 1. The van der Waals surface area contributed by atoms with Gasteiger partial charge >= 0.3 is 6.03 Å². The number of urea groups is 1. The second-order valence-electron chi connectivity index (χ2n) is 6.19. The average Bonchev–Trinajstić information content (AvgIpc) is 2.63. The highest BCUT2D eigenvalue weighted by atomic mass is 35.5. The highest BCUT2D eigenvalue weighted by Crippen LogP contribution is 2.25. The minimum atomic E-state index is -0.0302. The van der Waals surface area contributed by atoms with E-state index >= 15 is 0 Å². The molecule has 2 aromatic rings. The van der Waals surface area contributed by atoms with Gasteiger partial charge in [0.2, 0.25) is 0 Å². The Morgan fingerprint density at radius 1 is 1.00 bits per heavy atom. The summed E-state index contributed by atoms with van der Waals surface area (Å²) in [5, 5.41) is 4.40. The smallest absolute Gasteiger partial charge is 0.317 e. The molecule has 6 heteroatoms. The number of anilines is 1. The fourth-order valence-corrected chi connectivity index (χ4v) is 3.26. The Kier molecular flexibility index (Phi) is 5.71. The molecule has 1 aliphatic rings. The molecule has 0 unspecified atom stereocenters. The molecule has 0 spiro atoms. The molecule has 2 aromatic carbocycles. The van der Waals surface area contributed by atoms with E-state index in [0.29, 0.717) is 24.7 Å². The monoisotopic (exact) mass is 377 g/mol. The molecule has 1 aliphatic heterocycles. The number of halogens is 2. The Morgan fingerprint density at radius 2 is 1.64 bits per heavy atom. The molecule has 0 radical (unpaired) electrons. The molecule has 3 rings (SSSR count). The Morgan fingerprint density at radius 3 is 2.32 bits per heavy atom. The van der Waals surface area contributed by atoms with Gasteiger partial charge in [-0.25, -0.2) is 4.79 Å². The van der Waals surface area contributed by atoms with E-state index in [1.54, 1.807) is 0 Å². The maximum absolute atomic E-state index is 12.4. The van der Waals surface area contributed by atoms with E-state index in [1.807, 2.05) is 47.4 Å². The largest absolute Gasteiger partial charge is 0.368 e. The van der Waals surface area contributed by atoms with Gasteiger partial charge in [-0.05, 0) is 42.3 Å². The first kappa shape index (κ1) is 17.9. The number of benzene rings is 2. The predicted octanol–water partition coefficient (Wildman–Crippen LogP) is 4.33. The first-order valence-electron chi connectivity index (χ1n) is 8.31. The fraction of sp³-hybridized carbons (Fsp3) is 0.316. The van der Waals surface area contributed by atoms with Crippen LogP contribution in [0.2, 0.25) is 10.0 Å². The summed E-state index contributed by atoms with van der Waals surface area (Å²) in [6.07, 6.45) is 0. The Bertz CT molecular complexity index is 741. The van der Waals surface area contributed by atoms with Crippen LogP contribution in [-0.2, 0) is 6.54 Å². The van der Waals surface area contributed by atoms with Crippen molar-refractivity contribution in [2.45, 2.75) is 13.5 Å². The zero-order valence-corrected chi connectivity index (χ0v) is 15.6. The van der Waals surface area contributed by atoms with Crippen molar-refractivity contribution in [2.24, 2.45) is 0 Å². The summed E-state index contributed by atoms with van der Waals surface area (Å²) in [6.45, 7) is 5.57. The van der Waals surface area contributed by atoms with Crippen LogP contribution in [0, 0.1) is 6.92 Å². The number of piperazine rings is 1.